The van der Waals surface area contributed by atoms with Gasteiger partial charge in [-0.05, 0) is 48.9 Å². The Balaban J connectivity index is 1.66. The molecule has 0 unspecified atom stereocenters. The Kier molecular flexibility index (Phi) is 4.89. The number of para-hydroxylation sites is 2. The van der Waals surface area contributed by atoms with Crippen molar-refractivity contribution in [1.82, 2.24) is 4.98 Å². The fourth-order valence-electron chi connectivity index (χ4n) is 3.16. The molecule has 150 valence electrons. The first kappa shape index (κ1) is 19.1. The lowest BCUT2D eigenvalue weighted by Gasteiger charge is -2.11. The predicted octanol–water partition coefficient (Wildman–Crippen LogP) is 4.97. The number of hydrogen-bond donors (Lipinski definition) is 1. The summed E-state index contributed by atoms with van der Waals surface area (Å²) in [7, 11) is 1.34. The number of anilines is 1. The van der Waals surface area contributed by atoms with Gasteiger partial charge in [0.25, 0.3) is 5.91 Å². The number of rotatable bonds is 5. The molecular weight excluding hydrogens is 386 g/mol. The van der Waals surface area contributed by atoms with Crippen LogP contribution in [0.1, 0.15) is 15.9 Å². The molecule has 1 heterocycles. The number of nitrogens with zero attached hydrogens (tertiary/aromatic N) is 2. The van der Waals surface area contributed by atoms with Crippen LogP contribution in [0.15, 0.2) is 65.1 Å². The Morgan fingerprint density at radius 1 is 1.13 bits per heavy atom. The van der Waals surface area contributed by atoms with Gasteiger partial charge >= 0.3 is 5.69 Å². The molecule has 0 saturated heterocycles. The fourth-order valence-corrected chi connectivity index (χ4v) is 3.16. The third-order valence-electron chi connectivity index (χ3n) is 4.74. The average Bonchev–Trinajstić information content (AvgIpc) is 3.18. The van der Waals surface area contributed by atoms with Crippen molar-refractivity contribution < 1.29 is 18.9 Å². The number of nitro benzene ring substituents is 1. The Labute approximate surface area is 171 Å². The van der Waals surface area contributed by atoms with E-state index in [4.69, 9.17) is 9.15 Å². The smallest absolute Gasteiger partial charge is 0.311 e. The van der Waals surface area contributed by atoms with Crippen LogP contribution >= 0.6 is 0 Å². The molecule has 0 radical (unpaired) electrons. The molecule has 4 rings (SSSR count). The number of ether oxygens (including phenoxy) is 1. The Bertz CT molecular complexity index is 1250. The zero-order chi connectivity index (χ0) is 21.3. The zero-order valence-corrected chi connectivity index (χ0v) is 16.2. The summed E-state index contributed by atoms with van der Waals surface area (Å²) >= 11 is 0. The van der Waals surface area contributed by atoms with Gasteiger partial charge in [-0.2, -0.15) is 0 Å². The summed E-state index contributed by atoms with van der Waals surface area (Å²) in [6, 6.07) is 16.9. The molecule has 0 aliphatic heterocycles. The van der Waals surface area contributed by atoms with E-state index < -0.39 is 10.8 Å². The number of nitrogens with one attached hydrogen (secondary N) is 1. The number of hydrogen-bond acceptors (Lipinski definition) is 6. The summed E-state index contributed by atoms with van der Waals surface area (Å²) in [5.74, 6) is 0.0640. The molecule has 0 aliphatic carbocycles. The van der Waals surface area contributed by atoms with Crippen molar-refractivity contribution in [1.29, 1.82) is 0 Å². The van der Waals surface area contributed by atoms with Crippen molar-refractivity contribution >= 4 is 28.4 Å². The summed E-state index contributed by atoms with van der Waals surface area (Å²) in [6.07, 6.45) is 0. The van der Waals surface area contributed by atoms with Crippen LogP contribution in [0, 0.1) is 17.0 Å². The van der Waals surface area contributed by atoms with Gasteiger partial charge in [0, 0.05) is 22.9 Å². The highest BCUT2D eigenvalue weighted by Crippen LogP contribution is 2.31. The van der Waals surface area contributed by atoms with E-state index in [9.17, 15) is 14.9 Å². The first-order valence-corrected chi connectivity index (χ1v) is 9.07. The number of benzene rings is 3. The standard InChI is InChI=1S/C22H17N3O5/c1-13-15(22-24-17-7-3-4-9-19(17)30-22)6-5-8-16(13)23-21(26)14-10-11-20(29-2)18(12-14)25(27)28/h3-12H,1-2H3,(H,23,26). The average molecular weight is 403 g/mol. The maximum Gasteiger partial charge on any atom is 0.311 e. The number of carbonyl (C=O) groups is 1. The quantitative estimate of drug-likeness (QED) is 0.372. The van der Waals surface area contributed by atoms with Gasteiger partial charge in [0.05, 0.1) is 12.0 Å². The van der Waals surface area contributed by atoms with Crippen molar-refractivity contribution in [3.8, 4) is 17.2 Å². The minimum Gasteiger partial charge on any atom is -0.490 e. The molecule has 1 amide bonds. The third-order valence-corrected chi connectivity index (χ3v) is 4.74. The highest BCUT2D eigenvalue weighted by Gasteiger charge is 2.19. The zero-order valence-electron chi connectivity index (χ0n) is 16.2. The van der Waals surface area contributed by atoms with Gasteiger partial charge < -0.3 is 14.5 Å². The van der Waals surface area contributed by atoms with Crippen LogP contribution in [0.3, 0.4) is 0 Å². The molecule has 4 aromatic rings. The van der Waals surface area contributed by atoms with Crippen LogP contribution in [0.2, 0.25) is 0 Å². The molecular formula is C22H17N3O5. The van der Waals surface area contributed by atoms with Gasteiger partial charge in [0.1, 0.15) is 5.52 Å². The molecule has 0 atom stereocenters. The molecule has 0 spiro atoms. The third kappa shape index (κ3) is 3.46. The maximum atomic E-state index is 12.7. The van der Waals surface area contributed by atoms with Crippen molar-refractivity contribution in [2.75, 3.05) is 12.4 Å². The van der Waals surface area contributed by atoms with E-state index in [1.165, 1.54) is 25.3 Å². The normalized spacial score (nSPS) is 10.7. The lowest BCUT2D eigenvalue weighted by atomic mass is 10.1. The summed E-state index contributed by atoms with van der Waals surface area (Å²) in [5.41, 5.74) is 3.35. The summed E-state index contributed by atoms with van der Waals surface area (Å²) in [5, 5.41) is 14.0. The number of oxazole rings is 1. The maximum absolute atomic E-state index is 12.7. The topological polar surface area (TPSA) is 108 Å². The second-order valence-electron chi connectivity index (χ2n) is 6.56. The van der Waals surface area contributed by atoms with E-state index in [-0.39, 0.29) is 17.0 Å². The van der Waals surface area contributed by atoms with E-state index in [1.807, 2.05) is 37.3 Å². The molecule has 8 heteroatoms. The first-order valence-electron chi connectivity index (χ1n) is 9.07. The van der Waals surface area contributed by atoms with Crippen LogP contribution < -0.4 is 10.1 Å². The predicted molar refractivity (Wildman–Crippen MR) is 112 cm³/mol. The van der Waals surface area contributed by atoms with Crippen LogP contribution in [-0.4, -0.2) is 22.9 Å². The van der Waals surface area contributed by atoms with Crippen LogP contribution in [0.4, 0.5) is 11.4 Å². The van der Waals surface area contributed by atoms with E-state index >= 15 is 0 Å². The number of methoxy groups -OCH3 is 1. The van der Waals surface area contributed by atoms with Crippen molar-refractivity contribution in [3.63, 3.8) is 0 Å². The van der Waals surface area contributed by atoms with Crippen molar-refractivity contribution in [2.45, 2.75) is 6.92 Å². The van der Waals surface area contributed by atoms with Crippen molar-refractivity contribution in [2.24, 2.45) is 0 Å². The Morgan fingerprint density at radius 2 is 1.93 bits per heavy atom. The number of fused-ring (bicyclic) bond motifs is 1. The van der Waals surface area contributed by atoms with Gasteiger partial charge in [0.2, 0.25) is 5.89 Å². The number of carbonyl (C=O) groups excluding carboxylic acids is 1. The lowest BCUT2D eigenvalue weighted by Crippen LogP contribution is -2.13. The molecule has 0 saturated carbocycles. The molecule has 1 aromatic heterocycles. The van der Waals surface area contributed by atoms with E-state index in [1.54, 1.807) is 12.1 Å². The first-order chi connectivity index (χ1) is 14.5. The molecule has 30 heavy (non-hydrogen) atoms. The van der Waals surface area contributed by atoms with E-state index in [0.29, 0.717) is 17.2 Å². The molecule has 0 bridgehead atoms. The minimum absolute atomic E-state index is 0.0886. The number of aromatic nitrogens is 1. The monoisotopic (exact) mass is 403 g/mol. The summed E-state index contributed by atoms with van der Waals surface area (Å²) in [6.45, 7) is 1.84. The molecule has 0 aliphatic rings. The Morgan fingerprint density at radius 3 is 2.67 bits per heavy atom. The second kappa shape index (κ2) is 7.67. The summed E-state index contributed by atoms with van der Waals surface area (Å²) < 4.78 is 10.8. The lowest BCUT2D eigenvalue weighted by molar-refractivity contribution is -0.385. The van der Waals surface area contributed by atoms with Gasteiger partial charge in [-0.1, -0.05) is 18.2 Å². The van der Waals surface area contributed by atoms with E-state index in [0.717, 1.165) is 16.6 Å². The molecule has 8 nitrogen and oxygen atoms in total. The van der Waals surface area contributed by atoms with E-state index in [2.05, 4.69) is 10.3 Å². The second-order valence-corrected chi connectivity index (χ2v) is 6.56. The number of nitro groups is 1. The van der Waals surface area contributed by atoms with Crippen LogP contribution in [-0.2, 0) is 0 Å². The Hall–Kier alpha value is -4.20. The van der Waals surface area contributed by atoms with Crippen molar-refractivity contribution in [3.05, 3.63) is 81.9 Å². The van der Waals surface area contributed by atoms with Crippen LogP contribution in [0.5, 0.6) is 5.75 Å². The SMILES string of the molecule is COc1ccc(C(=O)Nc2cccc(-c3nc4ccccc4o3)c2C)cc1[N+](=O)[O-]. The highest BCUT2D eigenvalue weighted by atomic mass is 16.6. The molecule has 3 aromatic carbocycles. The molecule has 1 N–H and O–H groups in total. The van der Waals surface area contributed by atoms with Gasteiger partial charge in [-0.15, -0.1) is 0 Å². The largest absolute Gasteiger partial charge is 0.490 e. The minimum atomic E-state index is -0.589. The van der Waals surface area contributed by atoms with Gasteiger partial charge in [-0.3, -0.25) is 14.9 Å². The number of amides is 1. The fraction of sp³-hybridized carbons (Fsp3) is 0.0909. The van der Waals surface area contributed by atoms with Gasteiger partial charge in [0.15, 0.2) is 11.3 Å². The highest BCUT2D eigenvalue weighted by molar-refractivity contribution is 6.05. The van der Waals surface area contributed by atoms with Crippen LogP contribution in [0.25, 0.3) is 22.6 Å². The molecule has 0 fully saturated rings. The summed E-state index contributed by atoms with van der Waals surface area (Å²) in [4.78, 5) is 27.9. The van der Waals surface area contributed by atoms with Gasteiger partial charge in [-0.25, -0.2) is 4.98 Å².